The number of carbonyl (C=O) groups excluding carboxylic acids is 1. The van der Waals surface area contributed by atoms with Crippen LogP contribution < -0.4 is 5.32 Å². The van der Waals surface area contributed by atoms with Crippen LogP contribution in [0.25, 0.3) is 0 Å². The average molecular weight is 168 g/mol. The van der Waals surface area contributed by atoms with Crippen molar-refractivity contribution in [1.82, 2.24) is 5.32 Å². The van der Waals surface area contributed by atoms with Crippen LogP contribution in [0.5, 0.6) is 0 Å². The molecule has 1 amide bonds. The van der Waals surface area contributed by atoms with E-state index in [0.717, 1.165) is 5.70 Å². The van der Waals surface area contributed by atoms with Crippen molar-refractivity contribution in [3.63, 3.8) is 0 Å². The maximum Gasteiger partial charge on any atom is 0.227 e. The Morgan fingerprint density at radius 3 is 2.67 bits per heavy atom. The molecule has 2 heteroatoms. The van der Waals surface area contributed by atoms with Crippen LogP contribution in [0.2, 0.25) is 0 Å². The molecule has 0 radical (unpaired) electrons. The fourth-order valence-corrected chi connectivity index (χ4v) is 1.40. The summed E-state index contributed by atoms with van der Waals surface area (Å²) in [4.78, 5) is 11.6. The fraction of sp³-hybridized carbons (Fsp3) is 0.700. The van der Waals surface area contributed by atoms with Gasteiger partial charge in [0, 0.05) is 13.0 Å². The maximum absolute atomic E-state index is 11.6. The first-order chi connectivity index (χ1) is 5.77. The lowest BCUT2D eigenvalue weighted by Crippen LogP contribution is -2.41. The number of amides is 1. The minimum absolute atomic E-state index is 0.212. The molecule has 68 valence electrons. The fourth-order valence-electron chi connectivity index (χ4n) is 1.40. The molecule has 1 heterocycles. The van der Waals surface area contributed by atoms with Gasteiger partial charge in [-0.2, -0.15) is 0 Å². The molecule has 1 aliphatic heterocycles. The SMILES string of the molecule is [2H]C1(C(C)(C)C)CCC(=C)NC1=O. The third kappa shape index (κ3) is 1.87. The van der Waals surface area contributed by atoms with E-state index in [-0.39, 0.29) is 11.3 Å². The highest BCUT2D eigenvalue weighted by molar-refractivity contribution is 5.82. The Morgan fingerprint density at radius 2 is 2.25 bits per heavy atom. The van der Waals surface area contributed by atoms with Crippen LogP contribution in [-0.2, 0) is 4.79 Å². The third-order valence-corrected chi connectivity index (χ3v) is 2.15. The Kier molecular flexibility index (Phi) is 1.91. The van der Waals surface area contributed by atoms with Gasteiger partial charge in [0.25, 0.3) is 0 Å². The van der Waals surface area contributed by atoms with E-state index in [1.807, 2.05) is 20.8 Å². The van der Waals surface area contributed by atoms with Crippen LogP contribution in [0.15, 0.2) is 12.3 Å². The summed E-state index contributed by atoms with van der Waals surface area (Å²) in [5.74, 6) is -1.22. The molecule has 1 rings (SSSR count). The molecule has 1 N–H and O–H groups in total. The number of rotatable bonds is 0. The third-order valence-electron chi connectivity index (χ3n) is 2.15. The molecule has 1 saturated heterocycles. The molecule has 12 heavy (non-hydrogen) atoms. The largest absolute Gasteiger partial charge is 0.330 e. The number of carbonyl (C=O) groups is 1. The summed E-state index contributed by atoms with van der Waals surface area (Å²) < 4.78 is 8.11. The smallest absolute Gasteiger partial charge is 0.227 e. The van der Waals surface area contributed by atoms with Gasteiger partial charge in [0.15, 0.2) is 0 Å². The van der Waals surface area contributed by atoms with E-state index in [4.69, 9.17) is 1.37 Å². The Balaban J connectivity index is 2.92. The van der Waals surface area contributed by atoms with Crippen molar-refractivity contribution in [3.8, 4) is 0 Å². The summed E-state index contributed by atoms with van der Waals surface area (Å²) in [6.07, 6.45) is 1.29. The Morgan fingerprint density at radius 1 is 1.67 bits per heavy atom. The predicted molar refractivity (Wildman–Crippen MR) is 49.5 cm³/mol. The number of hydrogen-bond donors (Lipinski definition) is 1. The van der Waals surface area contributed by atoms with Gasteiger partial charge >= 0.3 is 0 Å². The number of nitrogens with one attached hydrogen (secondary N) is 1. The van der Waals surface area contributed by atoms with E-state index in [1.165, 1.54) is 0 Å². The van der Waals surface area contributed by atoms with Crippen molar-refractivity contribution in [2.45, 2.75) is 33.6 Å². The van der Waals surface area contributed by atoms with E-state index in [0.29, 0.717) is 12.8 Å². The van der Waals surface area contributed by atoms with Gasteiger partial charge in [-0.25, -0.2) is 0 Å². The molecular weight excluding hydrogens is 150 g/mol. The summed E-state index contributed by atoms with van der Waals surface area (Å²) in [7, 11) is 0. The maximum atomic E-state index is 11.6. The van der Waals surface area contributed by atoms with Crippen molar-refractivity contribution < 1.29 is 6.17 Å². The van der Waals surface area contributed by atoms with E-state index in [1.54, 1.807) is 0 Å². The van der Waals surface area contributed by atoms with Crippen LogP contribution in [0, 0.1) is 11.3 Å². The molecule has 1 unspecified atom stereocenters. The first kappa shape index (κ1) is 7.84. The van der Waals surface area contributed by atoms with Crippen LogP contribution in [0.3, 0.4) is 0 Å². The molecule has 2 nitrogen and oxygen atoms in total. The molecule has 0 bridgehead atoms. The highest BCUT2D eigenvalue weighted by Crippen LogP contribution is 2.33. The average Bonchev–Trinajstić information content (AvgIpc) is 1.95. The minimum atomic E-state index is -1.01. The van der Waals surface area contributed by atoms with Crippen molar-refractivity contribution >= 4 is 5.91 Å². The second-order valence-corrected chi connectivity index (χ2v) is 4.29. The normalized spacial score (nSPS) is 32.8. The lowest BCUT2D eigenvalue weighted by atomic mass is 9.76. The minimum Gasteiger partial charge on any atom is -0.330 e. The molecule has 0 aromatic heterocycles. The molecular formula is C10H17NO. The number of allylic oxidation sites excluding steroid dienone is 1. The zero-order valence-electron chi connectivity index (χ0n) is 9.03. The summed E-state index contributed by atoms with van der Waals surface area (Å²) in [5, 5.41) is 2.66. The molecule has 0 aliphatic carbocycles. The first-order valence-electron chi connectivity index (χ1n) is 4.76. The Bertz CT molecular complexity index is 254. The molecule has 0 aromatic carbocycles. The number of piperidine rings is 1. The first-order valence-corrected chi connectivity index (χ1v) is 4.26. The van der Waals surface area contributed by atoms with Crippen LogP contribution in [0.4, 0.5) is 0 Å². The Hall–Kier alpha value is -0.790. The topological polar surface area (TPSA) is 29.1 Å². The van der Waals surface area contributed by atoms with Crippen LogP contribution in [-0.4, -0.2) is 5.91 Å². The highest BCUT2D eigenvalue weighted by atomic mass is 16.2. The molecule has 1 fully saturated rings. The monoisotopic (exact) mass is 168 g/mol. The standard InChI is InChI=1S/C10H17NO/c1-7-5-6-8(9(12)11-7)10(2,3)4/h8H,1,5-6H2,2-4H3,(H,11,12)/i8D. The van der Waals surface area contributed by atoms with Gasteiger partial charge in [-0.05, 0) is 18.3 Å². The lowest BCUT2D eigenvalue weighted by Gasteiger charge is -2.33. The van der Waals surface area contributed by atoms with Crippen molar-refractivity contribution in [1.29, 1.82) is 0 Å². The summed E-state index contributed by atoms with van der Waals surface area (Å²) >= 11 is 0. The van der Waals surface area contributed by atoms with E-state index in [9.17, 15) is 4.79 Å². The Labute approximate surface area is 75.4 Å². The molecule has 0 spiro atoms. The van der Waals surface area contributed by atoms with Crippen molar-refractivity contribution in [2.24, 2.45) is 11.3 Å². The van der Waals surface area contributed by atoms with E-state index in [2.05, 4.69) is 11.9 Å². The second kappa shape index (κ2) is 2.92. The zero-order valence-corrected chi connectivity index (χ0v) is 8.03. The van der Waals surface area contributed by atoms with Gasteiger partial charge in [-0.1, -0.05) is 27.4 Å². The summed E-state index contributed by atoms with van der Waals surface area (Å²) in [6.45, 7) is 9.47. The molecule has 1 atom stereocenters. The zero-order chi connectivity index (χ0) is 10.3. The number of hydrogen-bond acceptors (Lipinski definition) is 1. The summed E-state index contributed by atoms with van der Waals surface area (Å²) in [5.41, 5.74) is 0.412. The quantitative estimate of drug-likeness (QED) is 0.589. The van der Waals surface area contributed by atoms with Gasteiger partial charge in [-0.3, -0.25) is 4.79 Å². The van der Waals surface area contributed by atoms with Gasteiger partial charge in [0.1, 0.15) is 0 Å². The molecule has 1 aliphatic rings. The lowest BCUT2D eigenvalue weighted by molar-refractivity contribution is -0.129. The van der Waals surface area contributed by atoms with Crippen LogP contribution in [0.1, 0.15) is 35.0 Å². The van der Waals surface area contributed by atoms with E-state index < -0.39 is 5.89 Å². The van der Waals surface area contributed by atoms with Gasteiger partial charge in [-0.15, -0.1) is 0 Å². The summed E-state index contributed by atoms with van der Waals surface area (Å²) in [6, 6.07) is 0. The highest BCUT2D eigenvalue weighted by Gasteiger charge is 2.33. The van der Waals surface area contributed by atoms with Crippen LogP contribution >= 0.6 is 0 Å². The van der Waals surface area contributed by atoms with Gasteiger partial charge in [0.05, 0.1) is 0 Å². The van der Waals surface area contributed by atoms with Crippen molar-refractivity contribution in [3.05, 3.63) is 12.3 Å². The predicted octanol–water partition coefficient (Wildman–Crippen LogP) is 2.07. The van der Waals surface area contributed by atoms with E-state index >= 15 is 0 Å². The van der Waals surface area contributed by atoms with Gasteiger partial charge in [0.2, 0.25) is 5.91 Å². The second-order valence-electron chi connectivity index (χ2n) is 4.29. The molecule has 0 aromatic rings. The van der Waals surface area contributed by atoms with Crippen molar-refractivity contribution in [2.75, 3.05) is 0 Å². The molecule has 0 saturated carbocycles. The van der Waals surface area contributed by atoms with Gasteiger partial charge < -0.3 is 5.32 Å².